The van der Waals surface area contributed by atoms with E-state index in [0.717, 1.165) is 0 Å². The largest absolute Gasteiger partial charge is 0.207 e. The molecule has 0 aliphatic carbocycles. The van der Waals surface area contributed by atoms with Gasteiger partial charge in [-0.05, 0) is 40.0 Å². The van der Waals surface area contributed by atoms with Gasteiger partial charge >= 0.3 is 0 Å². The molecule has 68 valence electrons. The van der Waals surface area contributed by atoms with Crippen molar-refractivity contribution in [3.05, 3.63) is 33.0 Å². The highest BCUT2D eigenvalue weighted by Gasteiger charge is 2.06. The number of halogens is 3. The number of benzene rings is 1. The van der Waals surface area contributed by atoms with Crippen LogP contribution in [0.15, 0.2) is 16.6 Å². The van der Waals surface area contributed by atoms with Crippen LogP contribution in [0.25, 0.3) is 0 Å². The molecule has 1 aromatic carbocycles. The molecule has 4 heteroatoms. The molecule has 0 spiro atoms. The van der Waals surface area contributed by atoms with E-state index in [-0.39, 0.29) is 5.82 Å². The van der Waals surface area contributed by atoms with Gasteiger partial charge in [0.1, 0.15) is 5.82 Å². The average molecular weight is 263 g/mol. The zero-order chi connectivity index (χ0) is 9.84. The molecular weight excluding hydrogens is 256 g/mol. The van der Waals surface area contributed by atoms with Crippen LogP contribution in [0.3, 0.4) is 0 Å². The van der Waals surface area contributed by atoms with Crippen molar-refractivity contribution in [2.45, 2.75) is 12.8 Å². The third-order valence-electron chi connectivity index (χ3n) is 1.60. The molecule has 0 saturated carbocycles. The van der Waals surface area contributed by atoms with Gasteiger partial charge in [-0.25, -0.2) is 4.39 Å². The summed E-state index contributed by atoms with van der Waals surface area (Å²) in [6.07, 6.45) is 0.725. The summed E-state index contributed by atoms with van der Waals surface area (Å²) in [5, 5.41) is 8.68. The summed E-state index contributed by atoms with van der Waals surface area (Å²) in [4.78, 5) is 0. The van der Waals surface area contributed by atoms with Crippen molar-refractivity contribution in [1.82, 2.24) is 0 Å². The maximum Gasteiger partial charge on any atom is 0.127 e. The average Bonchev–Trinajstić information content (AvgIpc) is 2.09. The summed E-state index contributed by atoms with van der Waals surface area (Å²) in [6.45, 7) is 0. The lowest BCUT2D eigenvalue weighted by Crippen LogP contribution is -1.90. The first-order chi connectivity index (χ1) is 6.15. The van der Waals surface area contributed by atoms with Crippen LogP contribution in [-0.4, -0.2) is 0 Å². The van der Waals surface area contributed by atoms with Gasteiger partial charge in [0.2, 0.25) is 0 Å². The molecule has 0 saturated heterocycles. The topological polar surface area (TPSA) is 23.8 Å². The van der Waals surface area contributed by atoms with Crippen LogP contribution in [0, 0.1) is 17.1 Å². The molecule has 1 rings (SSSR count). The van der Waals surface area contributed by atoms with Gasteiger partial charge in [-0.15, -0.1) is 0 Å². The third kappa shape index (κ3) is 2.68. The van der Waals surface area contributed by atoms with E-state index in [0.29, 0.717) is 27.9 Å². The summed E-state index contributed by atoms with van der Waals surface area (Å²) in [6, 6.07) is 4.82. The molecule has 0 aliphatic rings. The molecule has 0 aliphatic heterocycles. The minimum Gasteiger partial charge on any atom is -0.207 e. The van der Waals surface area contributed by atoms with Crippen molar-refractivity contribution in [1.29, 1.82) is 5.26 Å². The van der Waals surface area contributed by atoms with Gasteiger partial charge in [0.15, 0.2) is 0 Å². The van der Waals surface area contributed by atoms with Gasteiger partial charge in [-0.1, -0.05) is 11.6 Å². The normalized spacial score (nSPS) is 9.69. The number of hydrogen-bond acceptors (Lipinski definition) is 1. The zero-order valence-corrected chi connectivity index (χ0v) is 8.99. The van der Waals surface area contributed by atoms with E-state index < -0.39 is 0 Å². The van der Waals surface area contributed by atoms with Crippen molar-refractivity contribution in [3.63, 3.8) is 0 Å². The van der Waals surface area contributed by atoms with Crippen molar-refractivity contribution < 1.29 is 4.39 Å². The fraction of sp³-hybridized carbons (Fsp3) is 0.222. The molecular formula is C9H6BrClFN. The summed E-state index contributed by atoms with van der Waals surface area (Å²) in [5.41, 5.74) is 0.512. The Morgan fingerprint density at radius 1 is 1.54 bits per heavy atom. The molecule has 0 fully saturated rings. The molecule has 0 radical (unpaired) electrons. The maximum atomic E-state index is 13.1. The molecule has 0 unspecified atom stereocenters. The van der Waals surface area contributed by atoms with E-state index in [1.54, 1.807) is 6.07 Å². The van der Waals surface area contributed by atoms with Crippen molar-refractivity contribution in [2.75, 3.05) is 0 Å². The molecule has 0 heterocycles. The Balaban J connectivity index is 2.96. The van der Waals surface area contributed by atoms with E-state index in [1.165, 1.54) is 6.07 Å². The van der Waals surface area contributed by atoms with E-state index in [9.17, 15) is 4.39 Å². The smallest absolute Gasteiger partial charge is 0.127 e. The Morgan fingerprint density at radius 2 is 2.23 bits per heavy atom. The molecule has 0 atom stereocenters. The van der Waals surface area contributed by atoms with E-state index in [1.807, 2.05) is 6.07 Å². The minimum atomic E-state index is -0.358. The lowest BCUT2D eigenvalue weighted by atomic mass is 10.1. The first kappa shape index (κ1) is 10.5. The summed E-state index contributed by atoms with van der Waals surface area (Å²) in [7, 11) is 0. The first-order valence-electron chi connectivity index (χ1n) is 3.65. The SMILES string of the molecule is N#CCCc1cc(Br)c(Cl)cc1F. The number of hydrogen-bond donors (Lipinski definition) is 0. The number of nitriles is 1. The second-order valence-corrected chi connectivity index (χ2v) is 3.78. The molecule has 0 aromatic heterocycles. The van der Waals surface area contributed by atoms with Gasteiger partial charge in [0.25, 0.3) is 0 Å². The summed E-state index contributed by atoms with van der Waals surface area (Å²) < 4.78 is 13.8. The van der Waals surface area contributed by atoms with Crippen LogP contribution in [0.2, 0.25) is 5.02 Å². The zero-order valence-electron chi connectivity index (χ0n) is 6.65. The maximum absolute atomic E-state index is 13.1. The van der Waals surface area contributed by atoms with E-state index in [4.69, 9.17) is 16.9 Å². The standard InChI is InChI=1S/C9H6BrClFN/c10-7-4-6(2-1-3-13)9(12)5-8(7)11/h4-5H,1-2H2. The van der Waals surface area contributed by atoms with Crippen molar-refractivity contribution >= 4 is 27.5 Å². The fourth-order valence-corrected chi connectivity index (χ4v) is 1.49. The Labute approximate surface area is 89.3 Å². The highest BCUT2D eigenvalue weighted by molar-refractivity contribution is 9.10. The molecule has 13 heavy (non-hydrogen) atoms. The van der Waals surface area contributed by atoms with Crippen LogP contribution in [0.4, 0.5) is 4.39 Å². The highest BCUT2D eigenvalue weighted by atomic mass is 79.9. The van der Waals surface area contributed by atoms with Gasteiger partial charge in [0, 0.05) is 10.9 Å². The van der Waals surface area contributed by atoms with Crippen LogP contribution in [-0.2, 0) is 6.42 Å². The van der Waals surface area contributed by atoms with Gasteiger partial charge < -0.3 is 0 Å². The van der Waals surface area contributed by atoms with Crippen molar-refractivity contribution in [3.8, 4) is 6.07 Å². The molecule has 0 N–H and O–H groups in total. The first-order valence-corrected chi connectivity index (χ1v) is 4.82. The van der Waals surface area contributed by atoms with Gasteiger partial charge in [0.05, 0.1) is 11.1 Å². The van der Waals surface area contributed by atoms with Crippen molar-refractivity contribution in [2.24, 2.45) is 0 Å². The lowest BCUT2D eigenvalue weighted by Gasteiger charge is -2.02. The van der Waals surface area contributed by atoms with Crippen LogP contribution in [0.5, 0.6) is 0 Å². The molecule has 0 bridgehead atoms. The minimum absolute atomic E-state index is 0.311. The third-order valence-corrected chi connectivity index (χ3v) is 2.79. The summed E-state index contributed by atoms with van der Waals surface area (Å²) in [5.74, 6) is -0.358. The second kappa shape index (κ2) is 4.59. The van der Waals surface area contributed by atoms with E-state index >= 15 is 0 Å². The van der Waals surface area contributed by atoms with Crippen LogP contribution < -0.4 is 0 Å². The number of rotatable bonds is 2. The second-order valence-electron chi connectivity index (χ2n) is 2.52. The predicted octanol–water partition coefficient (Wildman–Crippen LogP) is 3.70. The Hall–Kier alpha value is -0.590. The Morgan fingerprint density at radius 3 is 2.85 bits per heavy atom. The Bertz CT molecular complexity index is 359. The lowest BCUT2D eigenvalue weighted by molar-refractivity contribution is 0.609. The van der Waals surface area contributed by atoms with Gasteiger partial charge in [-0.3, -0.25) is 0 Å². The number of nitrogens with zero attached hydrogens (tertiary/aromatic N) is 1. The summed E-state index contributed by atoms with van der Waals surface area (Å²) >= 11 is 8.86. The fourth-order valence-electron chi connectivity index (χ4n) is 0.946. The number of aryl methyl sites for hydroxylation is 1. The molecule has 1 aromatic rings. The quantitative estimate of drug-likeness (QED) is 0.746. The van der Waals surface area contributed by atoms with E-state index in [2.05, 4.69) is 15.9 Å². The highest BCUT2D eigenvalue weighted by Crippen LogP contribution is 2.26. The molecule has 1 nitrogen and oxygen atoms in total. The van der Waals surface area contributed by atoms with Crippen LogP contribution in [0.1, 0.15) is 12.0 Å². The Kier molecular flexibility index (Phi) is 3.71. The monoisotopic (exact) mass is 261 g/mol. The van der Waals surface area contributed by atoms with Crippen LogP contribution >= 0.6 is 27.5 Å². The molecule has 0 amide bonds. The predicted molar refractivity (Wildman–Crippen MR) is 53.0 cm³/mol. The van der Waals surface area contributed by atoms with Gasteiger partial charge in [-0.2, -0.15) is 5.26 Å².